The Morgan fingerprint density at radius 1 is 1.18 bits per heavy atom. The number of benzene rings is 1. The predicted molar refractivity (Wildman–Crippen MR) is 140 cm³/mol. The number of likely N-dealkylation sites (N-methyl/N-ethyl adjacent to an activating group) is 1. The van der Waals surface area contributed by atoms with E-state index in [0.29, 0.717) is 37.0 Å². The minimum atomic E-state index is -0.954. The summed E-state index contributed by atoms with van der Waals surface area (Å²) in [5.41, 5.74) is 8.55. The number of fused-ring (bicyclic) bond motifs is 1. The molecular weight excluding hydrogens is 494 g/mol. The molecule has 2 aromatic heterocycles. The van der Waals surface area contributed by atoms with Crippen molar-refractivity contribution in [2.75, 3.05) is 66.0 Å². The number of carbonyl (C=O) groups is 1. The van der Waals surface area contributed by atoms with Gasteiger partial charge in [-0.1, -0.05) is 24.3 Å². The van der Waals surface area contributed by atoms with Gasteiger partial charge in [-0.05, 0) is 24.6 Å². The Balaban J connectivity index is 1.42. The van der Waals surface area contributed by atoms with E-state index in [9.17, 15) is 9.59 Å². The molecule has 0 spiro atoms. The molecule has 0 atom stereocenters. The van der Waals surface area contributed by atoms with E-state index >= 15 is 0 Å². The molecule has 38 heavy (non-hydrogen) atoms. The van der Waals surface area contributed by atoms with Crippen LogP contribution in [-0.4, -0.2) is 107 Å². The van der Waals surface area contributed by atoms with Gasteiger partial charge in [-0.15, -0.1) is 0 Å². The standard InChI is InChI=1S/C25H35N7O6/c1-30-14-19(15-30)31(8-3-9-37-16-20(33)34)12-17-4-6-18(7-5-17)13-32-23-21(27-25(32)35)22(26)28-24(29-23)38-11-10-36-2/h4-7,19H,3,8-16H2,1-2H3,(H,27,35)(H,33,34)(H2,26,28,29). The Bertz CT molecular complexity index is 1270. The van der Waals surface area contributed by atoms with Crippen LogP contribution in [0.15, 0.2) is 29.1 Å². The quantitative estimate of drug-likeness (QED) is 0.233. The fraction of sp³-hybridized carbons (Fsp3) is 0.520. The number of anilines is 1. The van der Waals surface area contributed by atoms with E-state index in [0.717, 1.165) is 43.7 Å². The highest BCUT2D eigenvalue weighted by atomic mass is 16.5. The number of nitrogens with zero attached hydrogens (tertiary/aromatic N) is 5. The molecule has 3 aromatic rings. The molecule has 0 aliphatic carbocycles. The van der Waals surface area contributed by atoms with Gasteiger partial charge in [-0.2, -0.15) is 9.97 Å². The van der Waals surface area contributed by atoms with Crippen molar-refractivity contribution >= 4 is 23.0 Å². The van der Waals surface area contributed by atoms with Crippen LogP contribution >= 0.6 is 0 Å². The molecule has 0 amide bonds. The topological polar surface area (TPSA) is 161 Å². The van der Waals surface area contributed by atoms with Gasteiger partial charge in [0, 0.05) is 45.9 Å². The van der Waals surface area contributed by atoms with Gasteiger partial charge in [0.1, 0.15) is 18.7 Å². The van der Waals surface area contributed by atoms with Crippen LogP contribution in [0.2, 0.25) is 0 Å². The molecule has 13 heteroatoms. The summed E-state index contributed by atoms with van der Waals surface area (Å²) in [6.07, 6.45) is 0.761. The highest BCUT2D eigenvalue weighted by Gasteiger charge is 2.29. The summed E-state index contributed by atoms with van der Waals surface area (Å²) in [6, 6.07) is 8.67. The molecule has 0 bridgehead atoms. The van der Waals surface area contributed by atoms with Crippen LogP contribution in [-0.2, 0) is 27.4 Å². The third kappa shape index (κ3) is 7.07. The van der Waals surface area contributed by atoms with Crippen molar-refractivity contribution in [1.29, 1.82) is 0 Å². The van der Waals surface area contributed by atoms with Crippen molar-refractivity contribution in [3.8, 4) is 6.01 Å². The number of ether oxygens (including phenoxy) is 3. The largest absolute Gasteiger partial charge is 0.480 e. The summed E-state index contributed by atoms with van der Waals surface area (Å²) in [6.45, 7) is 4.69. The van der Waals surface area contributed by atoms with Crippen molar-refractivity contribution in [2.45, 2.75) is 25.6 Å². The lowest BCUT2D eigenvalue weighted by atomic mass is 10.1. The number of hydrogen-bond donors (Lipinski definition) is 3. The number of rotatable bonds is 15. The average Bonchev–Trinajstić information content (AvgIpc) is 3.18. The molecule has 0 radical (unpaired) electrons. The molecule has 0 saturated carbocycles. The van der Waals surface area contributed by atoms with Crippen LogP contribution in [0.25, 0.3) is 11.2 Å². The smallest absolute Gasteiger partial charge is 0.329 e. The maximum absolute atomic E-state index is 12.7. The van der Waals surface area contributed by atoms with Crippen LogP contribution in [0.5, 0.6) is 6.01 Å². The summed E-state index contributed by atoms with van der Waals surface area (Å²) in [7, 11) is 3.67. The zero-order chi connectivity index (χ0) is 27.1. The number of imidazole rings is 1. The summed E-state index contributed by atoms with van der Waals surface area (Å²) in [5, 5.41) is 8.73. The van der Waals surface area contributed by atoms with E-state index in [-0.39, 0.29) is 30.7 Å². The second-order valence-corrected chi connectivity index (χ2v) is 9.41. The van der Waals surface area contributed by atoms with Gasteiger partial charge in [0.05, 0.1) is 13.2 Å². The Hall–Kier alpha value is -3.52. The number of carboxylic acid groups (broad SMARTS) is 1. The Morgan fingerprint density at radius 2 is 1.92 bits per heavy atom. The molecule has 1 aliphatic heterocycles. The summed E-state index contributed by atoms with van der Waals surface area (Å²) in [5.74, 6) is -0.812. The number of hydrogen-bond acceptors (Lipinski definition) is 10. The summed E-state index contributed by atoms with van der Waals surface area (Å²) >= 11 is 0. The first-order valence-electron chi connectivity index (χ1n) is 12.5. The molecule has 4 N–H and O–H groups in total. The van der Waals surface area contributed by atoms with Gasteiger partial charge in [0.15, 0.2) is 11.5 Å². The van der Waals surface area contributed by atoms with Gasteiger partial charge >= 0.3 is 17.7 Å². The monoisotopic (exact) mass is 529 g/mol. The van der Waals surface area contributed by atoms with Gasteiger partial charge < -0.3 is 34.9 Å². The average molecular weight is 530 g/mol. The molecule has 206 valence electrons. The number of aromatic nitrogens is 4. The summed E-state index contributed by atoms with van der Waals surface area (Å²) in [4.78, 5) is 39.2. The number of nitrogen functional groups attached to an aromatic ring is 1. The van der Waals surface area contributed by atoms with Gasteiger partial charge in [-0.25, -0.2) is 9.59 Å². The van der Waals surface area contributed by atoms with Crippen molar-refractivity contribution in [1.82, 2.24) is 29.3 Å². The van der Waals surface area contributed by atoms with E-state index in [4.69, 9.17) is 25.1 Å². The van der Waals surface area contributed by atoms with E-state index < -0.39 is 5.97 Å². The first-order chi connectivity index (χ1) is 18.3. The number of methoxy groups -OCH3 is 1. The number of carboxylic acids is 1. The fourth-order valence-corrected chi connectivity index (χ4v) is 4.44. The van der Waals surface area contributed by atoms with E-state index in [1.165, 1.54) is 4.57 Å². The molecule has 13 nitrogen and oxygen atoms in total. The second kappa shape index (κ2) is 12.8. The predicted octanol–water partition coefficient (Wildman–Crippen LogP) is 0.383. The van der Waals surface area contributed by atoms with Crippen LogP contribution in [0, 0.1) is 0 Å². The van der Waals surface area contributed by atoms with Crippen molar-refractivity contribution in [3.63, 3.8) is 0 Å². The molecular formula is C25H35N7O6. The molecule has 1 fully saturated rings. The highest BCUT2D eigenvalue weighted by Crippen LogP contribution is 2.20. The second-order valence-electron chi connectivity index (χ2n) is 9.41. The van der Waals surface area contributed by atoms with Gasteiger partial charge in [0.25, 0.3) is 0 Å². The number of likely N-dealkylation sites (tertiary alicyclic amines) is 1. The Morgan fingerprint density at radius 3 is 2.61 bits per heavy atom. The Labute approximate surface area is 220 Å². The third-order valence-electron chi connectivity index (χ3n) is 6.42. The minimum Gasteiger partial charge on any atom is -0.480 e. The van der Waals surface area contributed by atoms with Crippen LogP contribution in [0.1, 0.15) is 17.5 Å². The molecule has 0 unspecified atom stereocenters. The lowest BCUT2D eigenvalue weighted by Gasteiger charge is -2.44. The van der Waals surface area contributed by atoms with Gasteiger partial charge in [0.2, 0.25) is 0 Å². The first kappa shape index (κ1) is 27.5. The molecule has 1 saturated heterocycles. The zero-order valence-electron chi connectivity index (χ0n) is 21.8. The molecule has 3 heterocycles. The van der Waals surface area contributed by atoms with E-state index in [1.807, 2.05) is 12.1 Å². The zero-order valence-corrected chi connectivity index (χ0v) is 21.8. The van der Waals surface area contributed by atoms with Gasteiger partial charge in [-0.3, -0.25) is 9.47 Å². The van der Waals surface area contributed by atoms with Crippen LogP contribution in [0.3, 0.4) is 0 Å². The number of H-pyrrole nitrogens is 1. The first-order valence-corrected chi connectivity index (χ1v) is 12.5. The number of aromatic amines is 1. The Kier molecular flexibility index (Phi) is 9.29. The number of nitrogens with one attached hydrogen (secondary N) is 1. The van der Waals surface area contributed by atoms with Crippen molar-refractivity contribution in [3.05, 3.63) is 45.9 Å². The van der Waals surface area contributed by atoms with Crippen molar-refractivity contribution in [2.24, 2.45) is 0 Å². The SMILES string of the molecule is COCCOc1nc(N)c2[nH]c(=O)n(Cc3ccc(CN(CCCOCC(=O)O)C4CN(C)C4)cc3)c2n1. The number of aliphatic carboxylic acids is 1. The van der Waals surface area contributed by atoms with E-state index in [2.05, 4.69) is 43.9 Å². The maximum atomic E-state index is 12.7. The van der Waals surface area contributed by atoms with E-state index in [1.54, 1.807) is 7.11 Å². The lowest BCUT2D eigenvalue weighted by Crippen LogP contribution is -2.57. The normalized spacial score (nSPS) is 14.3. The van der Waals surface area contributed by atoms with Crippen LogP contribution in [0.4, 0.5) is 5.82 Å². The van der Waals surface area contributed by atoms with Crippen molar-refractivity contribution < 1.29 is 24.1 Å². The third-order valence-corrected chi connectivity index (χ3v) is 6.42. The lowest BCUT2D eigenvalue weighted by molar-refractivity contribution is -0.142. The highest BCUT2D eigenvalue weighted by molar-refractivity contribution is 5.81. The molecule has 4 rings (SSSR count). The maximum Gasteiger partial charge on any atom is 0.329 e. The number of nitrogens with two attached hydrogens (primary N) is 1. The molecule has 1 aliphatic rings. The fourth-order valence-electron chi connectivity index (χ4n) is 4.44. The minimum absolute atomic E-state index is 0.0882. The molecule has 1 aromatic carbocycles. The summed E-state index contributed by atoms with van der Waals surface area (Å²) < 4.78 is 17.2. The van der Waals surface area contributed by atoms with Crippen LogP contribution < -0.4 is 16.2 Å².